The first-order valence-corrected chi connectivity index (χ1v) is 9.42. The molecule has 1 aliphatic heterocycles. The molecule has 2 heterocycles. The minimum atomic E-state index is -0.508. The maximum atomic E-state index is 12.4. The Kier molecular flexibility index (Phi) is 5.89. The zero-order valence-corrected chi connectivity index (χ0v) is 16.1. The second-order valence-corrected chi connectivity index (χ2v) is 7.52. The summed E-state index contributed by atoms with van der Waals surface area (Å²) in [5.74, 6) is 0.315. The molecule has 1 amide bonds. The Morgan fingerprint density at radius 1 is 1.07 bits per heavy atom. The largest absolute Gasteiger partial charge is 0.452 e. The van der Waals surface area contributed by atoms with E-state index in [0.29, 0.717) is 23.1 Å². The first-order chi connectivity index (χ1) is 12.9. The van der Waals surface area contributed by atoms with Gasteiger partial charge in [-0.15, -0.1) is 0 Å². The molecule has 0 saturated carbocycles. The number of hydrogen-bond acceptors (Lipinski definition) is 4. The number of piperidine rings is 1. The van der Waals surface area contributed by atoms with Gasteiger partial charge in [0.1, 0.15) is 0 Å². The van der Waals surface area contributed by atoms with Crippen LogP contribution in [-0.2, 0) is 9.53 Å². The van der Waals surface area contributed by atoms with Crippen molar-refractivity contribution < 1.29 is 14.3 Å². The van der Waals surface area contributed by atoms with E-state index in [-0.39, 0.29) is 12.5 Å². The number of carbonyl (C=O) groups excluding carboxylic acids is 2. The summed E-state index contributed by atoms with van der Waals surface area (Å²) in [5, 5.41) is 0. The maximum Gasteiger partial charge on any atom is 0.340 e. The Labute approximate surface area is 160 Å². The molecule has 1 aromatic heterocycles. The fourth-order valence-corrected chi connectivity index (χ4v) is 3.71. The minimum Gasteiger partial charge on any atom is -0.452 e. The number of likely N-dealkylation sites (tertiary alicyclic amines) is 1. The summed E-state index contributed by atoms with van der Waals surface area (Å²) in [6.07, 6.45) is 1.13. The van der Waals surface area contributed by atoms with Crippen LogP contribution in [0.4, 0.5) is 0 Å². The lowest BCUT2D eigenvalue weighted by Crippen LogP contribution is -2.44. The molecule has 5 nitrogen and oxygen atoms in total. The predicted molar refractivity (Wildman–Crippen MR) is 104 cm³/mol. The Balaban J connectivity index is 1.62. The highest BCUT2D eigenvalue weighted by atomic mass is 16.5. The molecule has 2 unspecified atom stereocenters. The van der Waals surface area contributed by atoms with Gasteiger partial charge in [0, 0.05) is 18.7 Å². The first-order valence-electron chi connectivity index (χ1n) is 9.42. The highest BCUT2D eigenvalue weighted by Crippen LogP contribution is 2.21. The monoisotopic (exact) mass is 366 g/mol. The number of amides is 1. The Morgan fingerprint density at radius 3 is 2.37 bits per heavy atom. The standard InChI is InChI=1S/C22H26N2O3/c1-15-11-16(2)13-24(12-15)21(25)14-27-22(26)19-9-10-20(23-17(19)3)18-7-5-4-6-8-18/h4-10,15-16H,11-14H2,1-3H3. The summed E-state index contributed by atoms with van der Waals surface area (Å²) in [7, 11) is 0. The van der Waals surface area contributed by atoms with Gasteiger partial charge in [0.15, 0.2) is 6.61 Å². The van der Waals surface area contributed by atoms with E-state index in [4.69, 9.17) is 4.74 Å². The van der Waals surface area contributed by atoms with Gasteiger partial charge in [-0.25, -0.2) is 4.79 Å². The van der Waals surface area contributed by atoms with Gasteiger partial charge in [-0.05, 0) is 37.3 Å². The van der Waals surface area contributed by atoms with Crippen LogP contribution in [0.15, 0.2) is 42.5 Å². The van der Waals surface area contributed by atoms with E-state index in [1.54, 1.807) is 24.0 Å². The number of ether oxygens (including phenoxy) is 1. The predicted octanol–water partition coefficient (Wildman–Crippen LogP) is 3.72. The number of nitrogens with zero attached hydrogens (tertiary/aromatic N) is 2. The second-order valence-electron chi connectivity index (χ2n) is 7.52. The van der Waals surface area contributed by atoms with Gasteiger partial charge in [-0.3, -0.25) is 9.78 Å². The van der Waals surface area contributed by atoms with Gasteiger partial charge in [-0.2, -0.15) is 0 Å². The molecule has 5 heteroatoms. The molecular weight excluding hydrogens is 340 g/mol. The van der Waals surface area contributed by atoms with E-state index in [1.807, 2.05) is 30.3 Å². The molecule has 0 bridgehead atoms. The van der Waals surface area contributed by atoms with Crippen molar-refractivity contribution in [3.8, 4) is 11.3 Å². The van der Waals surface area contributed by atoms with Crippen molar-refractivity contribution in [1.82, 2.24) is 9.88 Å². The molecule has 1 aliphatic rings. The number of carbonyl (C=O) groups is 2. The van der Waals surface area contributed by atoms with Crippen molar-refractivity contribution in [2.75, 3.05) is 19.7 Å². The molecule has 142 valence electrons. The highest BCUT2D eigenvalue weighted by molar-refractivity contribution is 5.92. The van der Waals surface area contributed by atoms with Crippen molar-refractivity contribution >= 4 is 11.9 Å². The van der Waals surface area contributed by atoms with Crippen molar-refractivity contribution in [2.24, 2.45) is 11.8 Å². The average molecular weight is 366 g/mol. The molecule has 0 spiro atoms. The molecule has 0 aliphatic carbocycles. The fraction of sp³-hybridized carbons (Fsp3) is 0.409. The number of aromatic nitrogens is 1. The van der Waals surface area contributed by atoms with Crippen molar-refractivity contribution in [3.63, 3.8) is 0 Å². The lowest BCUT2D eigenvalue weighted by Gasteiger charge is -2.34. The van der Waals surface area contributed by atoms with Crippen LogP contribution in [0.5, 0.6) is 0 Å². The third-order valence-corrected chi connectivity index (χ3v) is 4.92. The number of aryl methyl sites for hydroxylation is 1. The van der Waals surface area contributed by atoms with Gasteiger partial charge < -0.3 is 9.64 Å². The molecule has 3 rings (SSSR count). The summed E-state index contributed by atoms with van der Waals surface area (Å²) in [6.45, 7) is 7.30. The third-order valence-electron chi connectivity index (χ3n) is 4.92. The molecule has 2 atom stereocenters. The maximum absolute atomic E-state index is 12.4. The van der Waals surface area contributed by atoms with E-state index in [2.05, 4.69) is 18.8 Å². The number of rotatable bonds is 4. The number of benzene rings is 1. The van der Waals surface area contributed by atoms with Crippen LogP contribution in [0.3, 0.4) is 0 Å². The molecule has 2 aromatic rings. The second kappa shape index (κ2) is 8.33. The summed E-state index contributed by atoms with van der Waals surface area (Å²) in [4.78, 5) is 31.1. The zero-order chi connectivity index (χ0) is 19.4. The van der Waals surface area contributed by atoms with E-state index in [0.717, 1.165) is 30.8 Å². The molecular formula is C22H26N2O3. The van der Waals surface area contributed by atoms with Gasteiger partial charge in [0.25, 0.3) is 5.91 Å². The summed E-state index contributed by atoms with van der Waals surface area (Å²) < 4.78 is 5.27. The van der Waals surface area contributed by atoms with Crippen LogP contribution < -0.4 is 0 Å². The van der Waals surface area contributed by atoms with E-state index in [1.165, 1.54) is 0 Å². The van der Waals surface area contributed by atoms with Crippen LogP contribution in [0.25, 0.3) is 11.3 Å². The van der Waals surface area contributed by atoms with Crippen molar-refractivity contribution in [1.29, 1.82) is 0 Å². The lowest BCUT2D eigenvalue weighted by molar-refractivity contribution is -0.137. The smallest absolute Gasteiger partial charge is 0.340 e. The minimum absolute atomic E-state index is 0.131. The summed E-state index contributed by atoms with van der Waals surface area (Å²) >= 11 is 0. The topological polar surface area (TPSA) is 59.5 Å². The molecule has 1 fully saturated rings. The van der Waals surface area contributed by atoms with Crippen molar-refractivity contribution in [2.45, 2.75) is 27.2 Å². The van der Waals surface area contributed by atoms with Gasteiger partial charge in [0.2, 0.25) is 0 Å². The molecule has 1 aromatic carbocycles. The van der Waals surface area contributed by atoms with Crippen molar-refractivity contribution in [3.05, 3.63) is 53.7 Å². The van der Waals surface area contributed by atoms with E-state index in [9.17, 15) is 9.59 Å². The normalized spacial score (nSPS) is 19.6. The van der Waals surface area contributed by atoms with Gasteiger partial charge in [-0.1, -0.05) is 44.2 Å². The fourth-order valence-electron chi connectivity index (χ4n) is 3.71. The van der Waals surface area contributed by atoms with Gasteiger partial charge >= 0.3 is 5.97 Å². The quantitative estimate of drug-likeness (QED) is 0.774. The molecule has 1 saturated heterocycles. The first kappa shape index (κ1) is 19.1. The third kappa shape index (κ3) is 4.73. The summed E-state index contributed by atoms with van der Waals surface area (Å²) in [5.41, 5.74) is 2.78. The van der Waals surface area contributed by atoms with E-state index < -0.39 is 5.97 Å². The van der Waals surface area contributed by atoms with Crippen LogP contribution in [0.1, 0.15) is 36.3 Å². The highest BCUT2D eigenvalue weighted by Gasteiger charge is 2.26. The number of hydrogen-bond donors (Lipinski definition) is 0. The lowest BCUT2D eigenvalue weighted by atomic mass is 9.92. The molecule has 0 radical (unpaired) electrons. The Hall–Kier alpha value is -2.69. The molecule has 0 N–H and O–H groups in total. The number of pyridine rings is 1. The zero-order valence-electron chi connectivity index (χ0n) is 16.1. The van der Waals surface area contributed by atoms with Crippen LogP contribution in [0, 0.1) is 18.8 Å². The SMILES string of the molecule is Cc1nc(-c2ccccc2)ccc1C(=O)OCC(=O)N1CC(C)CC(C)C1. The average Bonchev–Trinajstić information content (AvgIpc) is 2.65. The van der Waals surface area contributed by atoms with Gasteiger partial charge in [0.05, 0.1) is 17.0 Å². The van der Waals surface area contributed by atoms with Crippen LogP contribution in [0.2, 0.25) is 0 Å². The Bertz CT molecular complexity index is 810. The summed E-state index contributed by atoms with van der Waals surface area (Å²) in [6, 6.07) is 13.3. The number of esters is 1. The Morgan fingerprint density at radius 2 is 1.74 bits per heavy atom. The van der Waals surface area contributed by atoms with E-state index >= 15 is 0 Å². The molecule has 27 heavy (non-hydrogen) atoms. The van der Waals surface area contributed by atoms with Crippen LogP contribution >= 0.6 is 0 Å². The van der Waals surface area contributed by atoms with Crippen LogP contribution in [-0.4, -0.2) is 41.5 Å².